The summed E-state index contributed by atoms with van der Waals surface area (Å²) in [7, 11) is 0. The van der Waals surface area contributed by atoms with E-state index >= 15 is 0 Å². The zero-order chi connectivity index (χ0) is 10.6. The summed E-state index contributed by atoms with van der Waals surface area (Å²) >= 11 is 0. The average molecular weight is 191 g/mol. The van der Waals surface area contributed by atoms with Crippen molar-refractivity contribution in [3.63, 3.8) is 0 Å². The van der Waals surface area contributed by atoms with Crippen LogP contribution in [0.15, 0.2) is 18.2 Å². The van der Waals surface area contributed by atoms with Gasteiger partial charge in [-0.3, -0.25) is 0 Å². The molecule has 1 aromatic carbocycles. The van der Waals surface area contributed by atoms with E-state index in [-0.39, 0.29) is 5.82 Å². The van der Waals surface area contributed by atoms with Crippen LogP contribution in [0.1, 0.15) is 25.3 Å². The van der Waals surface area contributed by atoms with Gasteiger partial charge in [0.25, 0.3) is 0 Å². The molecule has 74 valence electrons. The van der Waals surface area contributed by atoms with Crippen LogP contribution >= 0.6 is 0 Å². The van der Waals surface area contributed by atoms with Gasteiger partial charge >= 0.3 is 0 Å². The third-order valence-electron chi connectivity index (χ3n) is 2.02. The van der Waals surface area contributed by atoms with E-state index in [9.17, 15) is 4.39 Å². The van der Waals surface area contributed by atoms with Gasteiger partial charge in [-0.05, 0) is 23.6 Å². The van der Waals surface area contributed by atoms with Crippen molar-refractivity contribution in [1.29, 1.82) is 0 Å². The van der Waals surface area contributed by atoms with Crippen LogP contribution in [0.4, 0.5) is 10.1 Å². The molecule has 0 saturated heterocycles. The molecule has 14 heavy (non-hydrogen) atoms. The van der Waals surface area contributed by atoms with E-state index in [4.69, 9.17) is 6.42 Å². The van der Waals surface area contributed by atoms with Gasteiger partial charge in [0, 0.05) is 5.69 Å². The molecule has 0 unspecified atom stereocenters. The van der Waals surface area contributed by atoms with Crippen LogP contribution in [0.25, 0.3) is 0 Å². The Morgan fingerprint density at radius 2 is 2.21 bits per heavy atom. The molecule has 0 fully saturated rings. The van der Waals surface area contributed by atoms with Crippen molar-refractivity contribution in [3.05, 3.63) is 29.6 Å². The van der Waals surface area contributed by atoms with Gasteiger partial charge in [0.05, 0.1) is 6.54 Å². The summed E-state index contributed by atoms with van der Waals surface area (Å²) in [6, 6.07) is 4.74. The van der Waals surface area contributed by atoms with Crippen LogP contribution in [-0.2, 0) is 0 Å². The SMILES string of the molecule is C#CCNc1cc(F)ccc1C(C)C. The van der Waals surface area contributed by atoms with Gasteiger partial charge in [0.1, 0.15) is 5.82 Å². The molecule has 0 heterocycles. The zero-order valence-electron chi connectivity index (χ0n) is 8.47. The van der Waals surface area contributed by atoms with Crippen molar-refractivity contribution in [1.82, 2.24) is 0 Å². The lowest BCUT2D eigenvalue weighted by Crippen LogP contribution is -2.03. The Hall–Kier alpha value is -1.49. The summed E-state index contributed by atoms with van der Waals surface area (Å²) < 4.78 is 12.9. The summed E-state index contributed by atoms with van der Waals surface area (Å²) in [5, 5.41) is 3.01. The Morgan fingerprint density at radius 1 is 1.50 bits per heavy atom. The van der Waals surface area contributed by atoms with Gasteiger partial charge in [-0.1, -0.05) is 25.8 Å². The van der Waals surface area contributed by atoms with Crippen molar-refractivity contribution in [2.24, 2.45) is 0 Å². The molecule has 0 aliphatic rings. The van der Waals surface area contributed by atoms with E-state index < -0.39 is 0 Å². The standard InChI is InChI=1S/C12H14FN/c1-4-7-14-12-8-10(13)5-6-11(12)9(2)3/h1,5-6,8-9,14H,7H2,2-3H3. The molecule has 0 amide bonds. The van der Waals surface area contributed by atoms with E-state index in [1.807, 2.05) is 0 Å². The second-order valence-electron chi connectivity index (χ2n) is 3.44. The summed E-state index contributed by atoms with van der Waals surface area (Å²) in [6.07, 6.45) is 5.13. The smallest absolute Gasteiger partial charge is 0.125 e. The lowest BCUT2D eigenvalue weighted by molar-refractivity contribution is 0.627. The normalized spacial score (nSPS) is 9.93. The Labute approximate surface area is 84.3 Å². The fraction of sp³-hybridized carbons (Fsp3) is 0.333. The van der Waals surface area contributed by atoms with Gasteiger partial charge in [0.15, 0.2) is 0 Å². The molecule has 1 rings (SSSR count). The fourth-order valence-corrected chi connectivity index (χ4v) is 1.33. The van der Waals surface area contributed by atoms with E-state index in [1.54, 1.807) is 6.07 Å². The first kappa shape index (κ1) is 10.6. The van der Waals surface area contributed by atoms with Crippen molar-refractivity contribution in [2.45, 2.75) is 19.8 Å². The van der Waals surface area contributed by atoms with Crippen LogP contribution < -0.4 is 5.32 Å². The number of benzene rings is 1. The van der Waals surface area contributed by atoms with Crippen LogP contribution in [0.5, 0.6) is 0 Å². The van der Waals surface area contributed by atoms with Gasteiger partial charge in [-0.15, -0.1) is 6.42 Å². The van der Waals surface area contributed by atoms with Gasteiger partial charge < -0.3 is 5.32 Å². The number of nitrogens with one attached hydrogen (secondary N) is 1. The molecule has 0 atom stereocenters. The molecule has 1 aromatic rings. The molecule has 0 saturated carbocycles. The Morgan fingerprint density at radius 3 is 2.79 bits per heavy atom. The van der Waals surface area contributed by atoms with Crippen LogP contribution in [-0.4, -0.2) is 6.54 Å². The highest BCUT2D eigenvalue weighted by Crippen LogP contribution is 2.24. The fourth-order valence-electron chi connectivity index (χ4n) is 1.33. The Kier molecular flexibility index (Phi) is 3.53. The third-order valence-corrected chi connectivity index (χ3v) is 2.02. The van der Waals surface area contributed by atoms with E-state index in [1.165, 1.54) is 12.1 Å². The molecular weight excluding hydrogens is 177 g/mol. The molecule has 2 heteroatoms. The van der Waals surface area contributed by atoms with Gasteiger partial charge in [-0.25, -0.2) is 4.39 Å². The summed E-state index contributed by atoms with van der Waals surface area (Å²) in [5.41, 5.74) is 1.87. The maximum Gasteiger partial charge on any atom is 0.125 e. The van der Waals surface area contributed by atoms with Crippen molar-refractivity contribution < 1.29 is 4.39 Å². The number of anilines is 1. The largest absolute Gasteiger partial charge is 0.374 e. The number of rotatable bonds is 3. The van der Waals surface area contributed by atoms with E-state index in [0.717, 1.165) is 11.3 Å². The molecule has 0 aliphatic heterocycles. The average Bonchev–Trinajstić information content (AvgIpc) is 2.14. The lowest BCUT2D eigenvalue weighted by Gasteiger charge is -2.13. The van der Waals surface area contributed by atoms with Crippen molar-refractivity contribution >= 4 is 5.69 Å². The highest BCUT2D eigenvalue weighted by Gasteiger charge is 2.06. The second-order valence-corrected chi connectivity index (χ2v) is 3.44. The van der Waals surface area contributed by atoms with Gasteiger partial charge in [0.2, 0.25) is 0 Å². The molecule has 0 aliphatic carbocycles. The van der Waals surface area contributed by atoms with E-state index in [2.05, 4.69) is 25.1 Å². The minimum absolute atomic E-state index is 0.242. The number of halogens is 1. The minimum atomic E-state index is -0.242. The maximum atomic E-state index is 12.9. The first-order valence-electron chi connectivity index (χ1n) is 4.62. The van der Waals surface area contributed by atoms with Crippen LogP contribution in [0.2, 0.25) is 0 Å². The topological polar surface area (TPSA) is 12.0 Å². The maximum absolute atomic E-state index is 12.9. The second kappa shape index (κ2) is 4.66. The molecule has 1 N–H and O–H groups in total. The summed E-state index contributed by atoms with van der Waals surface area (Å²) in [4.78, 5) is 0. The summed E-state index contributed by atoms with van der Waals surface area (Å²) in [6.45, 7) is 4.55. The quantitative estimate of drug-likeness (QED) is 0.724. The third kappa shape index (κ3) is 2.50. The predicted octanol–water partition coefficient (Wildman–Crippen LogP) is 2.99. The number of terminal acetylenes is 1. The predicted molar refractivity (Wildman–Crippen MR) is 57.8 cm³/mol. The van der Waals surface area contributed by atoms with Crippen molar-refractivity contribution in [3.8, 4) is 12.3 Å². The molecule has 0 bridgehead atoms. The highest BCUT2D eigenvalue weighted by atomic mass is 19.1. The Balaban J connectivity index is 2.98. The molecular formula is C12H14FN. The first-order chi connectivity index (χ1) is 6.65. The minimum Gasteiger partial charge on any atom is -0.374 e. The lowest BCUT2D eigenvalue weighted by atomic mass is 10.0. The van der Waals surface area contributed by atoms with Crippen LogP contribution in [0, 0.1) is 18.2 Å². The first-order valence-corrected chi connectivity index (χ1v) is 4.62. The highest BCUT2D eigenvalue weighted by molar-refractivity contribution is 5.53. The number of hydrogen-bond donors (Lipinski definition) is 1. The Bertz CT molecular complexity index is 350. The zero-order valence-corrected chi connectivity index (χ0v) is 8.47. The molecule has 1 nitrogen and oxygen atoms in total. The monoisotopic (exact) mass is 191 g/mol. The molecule has 0 spiro atoms. The van der Waals surface area contributed by atoms with Crippen molar-refractivity contribution in [2.75, 3.05) is 11.9 Å². The van der Waals surface area contributed by atoms with Crippen LogP contribution in [0.3, 0.4) is 0 Å². The van der Waals surface area contributed by atoms with Gasteiger partial charge in [-0.2, -0.15) is 0 Å². The number of hydrogen-bond acceptors (Lipinski definition) is 1. The van der Waals surface area contributed by atoms with E-state index in [0.29, 0.717) is 12.5 Å². The molecule has 0 radical (unpaired) electrons. The molecule has 0 aromatic heterocycles. The summed E-state index contributed by atoms with van der Waals surface area (Å²) in [5.74, 6) is 2.58.